The maximum absolute atomic E-state index is 13.5. The van der Waals surface area contributed by atoms with Crippen LogP contribution in [0.3, 0.4) is 0 Å². The Morgan fingerprint density at radius 2 is 0.891 bits per heavy atom. The summed E-state index contributed by atoms with van der Waals surface area (Å²) in [7, 11) is -3.43. The number of alkyl halides is 3. The molecule has 0 N–H and O–H groups in total. The van der Waals surface area contributed by atoms with Gasteiger partial charge in [-0.1, -0.05) is 24.3 Å². The Labute approximate surface area is 740 Å². The first-order valence-electron chi connectivity index (χ1n) is 43.2. The minimum absolute atomic E-state index is 0.0000179. The molecular weight excluding hydrogens is 1650 g/mol. The van der Waals surface area contributed by atoms with E-state index < -0.39 is 56.7 Å². The second kappa shape index (κ2) is 34.7. The number of carbonyl (C=O) groups is 3. The highest BCUT2D eigenvalue weighted by atomic mass is 32.2. The molecule has 0 saturated heterocycles. The number of ketones is 3. The van der Waals surface area contributed by atoms with Crippen LogP contribution in [0.15, 0.2) is 191 Å². The van der Waals surface area contributed by atoms with Crippen LogP contribution in [0.2, 0.25) is 0 Å². The van der Waals surface area contributed by atoms with Crippen molar-refractivity contribution in [1.82, 2.24) is 29.1 Å². The van der Waals surface area contributed by atoms with Gasteiger partial charge in [-0.2, -0.15) is 13.2 Å². The van der Waals surface area contributed by atoms with Crippen molar-refractivity contribution in [2.45, 2.75) is 202 Å². The number of aryl methyl sites for hydroxylation is 3. The monoisotopic (exact) mass is 1750 g/mol. The van der Waals surface area contributed by atoms with Gasteiger partial charge in [0.05, 0.1) is 86.7 Å². The molecule has 1 fully saturated rings. The summed E-state index contributed by atoms with van der Waals surface area (Å²) < 4.78 is 111. The molecule has 128 heavy (non-hydrogen) atoms. The average Bonchev–Trinajstić information content (AvgIpc) is 0.768. The third-order valence-corrected chi connectivity index (χ3v) is 24.7. The first-order valence-corrected chi connectivity index (χ1v) is 45.1. The molecule has 0 spiro atoms. The molecule has 3 atom stereocenters. The zero-order valence-corrected chi connectivity index (χ0v) is 75.6. The number of fused-ring (bicyclic) bond motifs is 3. The van der Waals surface area contributed by atoms with E-state index in [9.17, 15) is 45.6 Å². The molecule has 0 amide bonds. The van der Waals surface area contributed by atoms with Crippen LogP contribution in [0, 0.1) is 26.7 Å². The van der Waals surface area contributed by atoms with Crippen molar-refractivity contribution in [3.05, 3.63) is 264 Å². The van der Waals surface area contributed by atoms with E-state index in [0.29, 0.717) is 60.0 Å². The molecule has 1 saturated carbocycles. The quantitative estimate of drug-likeness (QED) is 0.0688. The third-order valence-electron chi connectivity index (χ3n) is 23.6. The van der Waals surface area contributed by atoms with Crippen LogP contribution < -0.4 is 30.1 Å². The van der Waals surface area contributed by atoms with Crippen LogP contribution in [0.5, 0.6) is 23.1 Å². The number of benzene rings is 8. The van der Waals surface area contributed by atoms with Gasteiger partial charge in [-0.3, -0.25) is 38.9 Å². The van der Waals surface area contributed by atoms with Crippen molar-refractivity contribution in [3.63, 3.8) is 0 Å². The van der Waals surface area contributed by atoms with Crippen LogP contribution >= 0.6 is 0 Å². The average molecular weight is 1750 g/mol. The van der Waals surface area contributed by atoms with Gasteiger partial charge in [-0.05, 0) is 316 Å². The lowest BCUT2D eigenvalue weighted by Gasteiger charge is -2.30. The molecule has 8 aromatic carbocycles. The standard InChI is InChI=1S/C36H33F3N2O4.C36H36N2O6S.C32H34N2O4/c1-20-17-27-25(10-12-29(41-27)44-19-22-7-6-8-24(18-22)36(37,38)39)32(30(20)34(21(2)42)45-35(3,4)5)26-9-11-28-31-23(14-16-43-28)13-15-40-33(26)31;1-21-18-28-26(11-13-30(40)38(28)20-23-8-7-9-25(19-23)45(6,41)42)33(31(21)35(22(2)39)44-36(3,4)5)27-10-12-29-32-24(15-17-43-29)14-16-37-34(27)32;1-18-16-24-22(9-11-26(36)34(24)17-20-6-7-20)29(27(18)31(19(2)35)38-32(3,4)5)23-8-10-25-28-21(13-15-37-25)12-14-33-30(23)28/h6-13,15,17-18,34H,14,16,19H2,1-5H3;7-14,16,18-19,35H,15,17,20H2,1-6H3;8-12,14,16,20,31H,6-7,13,15,17H2,1-5H3/t34-;35-;31-/m111/s1. The van der Waals surface area contributed by atoms with Crippen molar-refractivity contribution in [1.29, 1.82) is 0 Å². The summed E-state index contributed by atoms with van der Waals surface area (Å²) in [5.41, 5.74) is 16.0. The van der Waals surface area contributed by atoms with E-state index in [0.717, 1.165) is 194 Å². The first kappa shape index (κ1) is 89.1. The SMILES string of the molecule is CC(=O)[C@@H](OC(C)(C)C)c1c(C)cc2c(ccc(=O)n2CC2CC2)c1-c1ccc2c3c(ccnc13)CCO2.CC(=O)[C@@H](OC(C)(C)C)c1c(C)cc2c(ccc(=O)n2Cc2cccc(S(C)(=O)=O)c2)c1-c1ccc2c3c(ccnc13)CCO2.CC(=O)[C@@H](OC(C)(C)C)c1c(C)cc2nc(OCc3cccc(C(F)(F)F)c3)ccc2c1-c1ccc2c3c(ccnc13)CCO2. The van der Waals surface area contributed by atoms with Crippen molar-refractivity contribution in [3.8, 4) is 56.5 Å². The summed E-state index contributed by atoms with van der Waals surface area (Å²) in [6.07, 6.45) is 4.30. The highest BCUT2D eigenvalue weighted by molar-refractivity contribution is 7.90. The molecule has 3 aliphatic heterocycles. The van der Waals surface area contributed by atoms with Crippen LogP contribution in [0.1, 0.15) is 181 Å². The molecule has 660 valence electrons. The summed E-state index contributed by atoms with van der Waals surface area (Å²) in [5, 5.41) is 5.31. The summed E-state index contributed by atoms with van der Waals surface area (Å²) in [6.45, 7) is 30.5. The Bertz CT molecular complexity index is 7090. The molecule has 24 heteroatoms. The molecule has 14 aromatic rings. The third kappa shape index (κ3) is 18.3. The number of carbonyl (C=O) groups excluding carboxylic acids is 3. The molecule has 1 aliphatic carbocycles. The van der Waals surface area contributed by atoms with Gasteiger partial charge in [0.2, 0.25) is 5.88 Å². The fourth-order valence-electron chi connectivity index (χ4n) is 17.9. The Kier molecular flexibility index (Phi) is 24.1. The number of ether oxygens (including phenoxy) is 7. The predicted octanol–water partition coefficient (Wildman–Crippen LogP) is 21.4. The molecule has 9 heterocycles. The lowest BCUT2D eigenvalue weighted by molar-refractivity contribution is -0.139. The van der Waals surface area contributed by atoms with Crippen LogP contribution in [-0.4, -0.2) is 97.7 Å². The van der Waals surface area contributed by atoms with Crippen molar-refractivity contribution < 1.29 is 69.1 Å². The van der Waals surface area contributed by atoms with Crippen LogP contribution in [0.25, 0.3) is 98.8 Å². The Balaban J connectivity index is 0.000000142. The maximum atomic E-state index is 13.5. The largest absolute Gasteiger partial charge is 0.493 e. The zero-order chi connectivity index (χ0) is 91.1. The van der Waals surface area contributed by atoms with E-state index in [1.807, 2.05) is 167 Å². The smallest absolute Gasteiger partial charge is 0.416 e. The predicted molar refractivity (Wildman–Crippen MR) is 492 cm³/mol. The summed E-state index contributed by atoms with van der Waals surface area (Å²) >= 11 is 0. The first-order chi connectivity index (χ1) is 60.6. The second-order valence-corrected chi connectivity index (χ2v) is 38.8. The number of halogens is 3. The van der Waals surface area contributed by atoms with E-state index in [-0.39, 0.29) is 52.4 Å². The number of rotatable bonds is 20. The number of hydrogen-bond donors (Lipinski definition) is 0. The molecule has 4 aliphatic rings. The van der Waals surface area contributed by atoms with Gasteiger partial charge in [0.15, 0.2) is 27.2 Å². The van der Waals surface area contributed by atoms with E-state index >= 15 is 0 Å². The highest BCUT2D eigenvalue weighted by Gasteiger charge is 2.38. The number of nitrogens with zero attached hydrogens (tertiary/aromatic N) is 6. The number of Topliss-reactive ketones (excluding diaryl/α,β-unsaturated/α-hetero) is 3. The minimum atomic E-state index is -4.44. The topological polar surface area (TPSA) is 246 Å². The highest BCUT2D eigenvalue weighted by Crippen LogP contribution is 2.51. The fraction of sp³-hybridized carbons (Fsp3) is 0.337. The second-order valence-electron chi connectivity index (χ2n) is 36.8. The van der Waals surface area contributed by atoms with E-state index in [1.54, 1.807) is 72.4 Å². The van der Waals surface area contributed by atoms with Gasteiger partial charge >= 0.3 is 6.18 Å². The molecule has 6 aromatic heterocycles. The van der Waals surface area contributed by atoms with Gasteiger partial charge < -0.3 is 42.3 Å². The molecule has 18 rings (SSSR count). The normalized spacial score (nSPS) is 14.6. The minimum Gasteiger partial charge on any atom is -0.493 e. The van der Waals surface area contributed by atoms with Crippen LogP contribution in [0.4, 0.5) is 13.2 Å². The number of pyridine rings is 6. The lowest BCUT2D eigenvalue weighted by atomic mass is 9.85. The van der Waals surface area contributed by atoms with E-state index in [2.05, 4.69) is 12.1 Å². The molecule has 20 nitrogen and oxygen atoms in total. The van der Waals surface area contributed by atoms with Crippen molar-refractivity contribution in [2.75, 3.05) is 26.1 Å². The van der Waals surface area contributed by atoms with Crippen molar-refractivity contribution in [2.24, 2.45) is 5.92 Å². The zero-order valence-electron chi connectivity index (χ0n) is 74.8. The van der Waals surface area contributed by atoms with E-state index in [1.165, 1.54) is 31.5 Å². The van der Waals surface area contributed by atoms with Gasteiger partial charge in [-0.15, -0.1) is 0 Å². The Morgan fingerprint density at radius 1 is 0.484 bits per heavy atom. The Morgan fingerprint density at radius 3 is 1.31 bits per heavy atom. The molecule has 0 unspecified atom stereocenters. The number of hydrogen-bond acceptors (Lipinski definition) is 18. The summed E-state index contributed by atoms with van der Waals surface area (Å²) in [5.74, 6) is 2.81. The fourth-order valence-corrected chi connectivity index (χ4v) is 18.6. The van der Waals surface area contributed by atoms with Gasteiger partial charge in [0, 0.05) is 118 Å². The Hall–Kier alpha value is -12.4. The molecular formula is C104H103F3N6O14S. The lowest BCUT2D eigenvalue weighted by Crippen LogP contribution is -2.27. The number of aromatic nitrogens is 6. The van der Waals surface area contributed by atoms with Gasteiger partial charge in [-0.25, -0.2) is 13.4 Å². The number of sulfone groups is 1. The summed E-state index contributed by atoms with van der Waals surface area (Å²) in [6, 6.07) is 45.9. The molecule has 0 bridgehead atoms. The van der Waals surface area contributed by atoms with Gasteiger partial charge in [0.1, 0.15) is 42.2 Å². The summed E-state index contributed by atoms with van der Waals surface area (Å²) in [4.78, 5) is 85.7. The van der Waals surface area contributed by atoms with Gasteiger partial charge in [0.25, 0.3) is 11.1 Å². The maximum Gasteiger partial charge on any atom is 0.416 e. The van der Waals surface area contributed by atoms with E-state index in [4.69, 9.17) is 53.1 Å². The molecule has 0 radical (unpaired) electrons. The van der Waals surface area contributed by atoms with Crippen molar-refractivity contribution >= 4 is 92.6 Å². The van der Waals surface area contributed by atoms with Crippen LogP contribution in [-0.2, 0) is 83.6 Å².